The summed E-state index contributed by atoms with van der Waals surface area (Å²) in [6.07, 6.45) is 5.72. The Morgan fingerprint density at radius 1 is 1.38 bits per heavy atom. The molecule has 0 aliphatic heterocycles. The molecule has 1 aromatic carbocycles. The number of nitro groups is 1. The highest BCUT2D eigenvalue weighted by molar-refractivity contribution is 5.61. The van der Waals surface area contributed by atoms with Gasteiger partial charge < -0.3 is 10.4 Å². The van der Waals surface area contributed by atoms with Gasteiger partial charge in [-0.2, -0.15) is 0 Å². The molecule has 21 heavy (non-hydrogen) atoms. The number of anilines is 1. The van der Waals surface area contributed by atoms with E-state index >= 15 is 0 Å². The smallest absolute Gasteiger partial charge is 0.295 e. The van der Waals surface area contributed by atoms with Crippen LogP contribution in [0.1, 0.15) is 38.5 Å². The summed E-state index contributed by atoms with van der Waals surface area (Å²) in [7, 11) is 0. The molecule has 1 aromatic rings. The van der Waals surface area contributed by atoms with Crippen molar-refractivity contribution in [2.45, 2.75) is 44.6 Å². The first-order chi connectivity index (χ1) is 10.1. The van der Waals surface area contributed by atoms with Crippen molar-refractivity contribution < 1.29 is 14.4 Å². The molecule has 0 bridgehead atoms. The summed E-state index contributed by atoms with van der Waals surface area (Å²) in [5, 5.41) is 23.7. The highest BCUT2D eigenvalue weighted by atomic mass is 19.1. The van der Waals surface area contributed by atoms with Gasteiger partial charge in [0.05, 0.1) is 17.1 Å². The zero-order valence-corrected chi connectivity index (χ0v) is 11.9. The van der Waals surface area contributed by atoms with Crippen molar-refractivity contribution in [3.8, 4) is 0 Å². The summed E-state index contributed by atoms with van der Waals surface area (Å²) < 4.78 is 13.0. The number of hydrogen-bond acceptors (Lipinski definition) is 4. The maximum atomic E-state index is 13.0. The van der Waals surface area contributed by atoms with Crippen LogP contribution in [0.3, 0.4) is 0 Å². The lowest BCUT2D eigenvalue weighted by Gasteiger charge is -2.27. The van der Waals surface area contributed by atoms with Gasteiger partial charge >= 0.3 is 0 Å². The topological polar surface area (TPSA) is 75.4 Å². The van der Waals surface area contributed by atoms with Crippen LogP contribution in [0.2, 0.25) is 0 Å². The zero-order valence-electron chi connectivity index (χ0n) is 11.9. The Hall–Kier alpha value is -1.69. The van der Waals surface area contributed by atoms with E-state index in [4.69, 9.17) is 0 Å². The van der Waals surface area contributed by atoms with Crippen LogP contribution in [0.5, 0.6) is 0 Å². The van der Waals surface area contributed by atoms with Crippen LogP contribution in [0.25, 0.3) is 0 Å². The fourth-order valence-electron chi connectivity index (χ4n) is 2.92. The number of aliphatic hydroxyl groups excluding tert-OH is 1. The lowest BCUT2D eigenvalue weighted by molar-refractivity contribution is -0.384. The first-order valence-corrected chi connectivity index (χ1v) is 7.44. The number of nitrogens with one attached hydrogen (secondary N) is 1. The van der Waals surface area contributed by atoms with Crippen LogP contribution >= 0.6 is 0 Å². The number of nitro benzene ring substituents is 1. The van der Waals surface area contributed by atoms with Crippen molar-refractivity contribution >= 4 is 11.4 Å². The Morgan fingerprint density at radius 3 is 2.86 bits per heavy atom. The minimum atomic E-state index is -0.613. The van der Waals surface area contributed by atoms with E-state index in [9.17, 15) is 19.6 Å². The van der Waals surface area contributed by atoms with Crippen LogP contribution in [0, 0.1) is 21.8 Å². The van der Waals surface area contributed by atoms with Gasteiger partial charge in [0.25, 0.3) is 5.69 Å². The van der Waals surface area contributed by atoms with Gasteiger partial charge in [0.15, 0.2) is 0 Å². The van der Waals surface area contributed by atoms with E-state index < -0.39 is 10.7 Å². The fourth-order valence-corrected chi connectivity index (χ4v) is 2.92. The Balaban J connectivity index is 1.82. The van der Waals surface area contributed by atoms with Crippen LogP contribution in [0.4, 0.5) is 15.8 Å². The Kier molecular flexibility index (Phi) is 5.50. The minimum Gasteiger partial charge on any atom is -0.393 e. The molecule has 5 nitrogen and oxygen atoms in total. The summed E-state index contributed by atoms with van der Waals surface area (Å²) in [6.45, 7) is 0.579. The molecule has 2 unspecified atom stereocenters. The van der Waals surface area contributed by atoms with E-state index in [1.807, 2.05) is 0 Å². The van der Waals surface area contributed by atoms with Gasteiger partial charge in [-0.3, -0.25) is 10.1 Å². The molecule has 2 N–H and O–H groups in total. The minimum absolute atomic E-state index is 0.209. The Morgan fingerprint density at radius 2 is 2.14 bits per heavy atom. The van der Waals surface area contributed by atoms with E-state index in [0.717, 1.165) is 38.2 Å². The normalized spacial score (nSPS) is 22.0. The van der Waals surface area contributed by atoms with Gasteiger partial charge in [-0.05, 0) is 43.7 Å². The highest BCUT2D eigenvalue weighted by Gasteiger charge is 2.22. The second kappa shape index (κ2) is 7.36. The molecular weight excluding hydrogens is 275 g/mol. The van der Waals surface area contributed by atoms with Crippen molar-refractivity contribution in [1.29, 1.82) is 0 Å². The van der Waals surface area contributed by atoms with E-state index in [2.05, 4.69) is 5.32 Å². The highest BCUT2D eigenvalue weighted by Crippen LogP contribution is 2.28. The molecule has 0 heterocycles. The van der Waals surface area contributed by atoms with E-state index in [-0.39, 0.29) is 11.8 Å². The van der Waals surface area contributed by atoms with Gasteiger partial charge in [-0.25, -0.2) is 4.39 Å². The molecule has 1 aliphatic rings. The third kappa shape index (κ3) is 4.39. The van der Waals surface area contributed by atoms with E-state index in [0.29, 0.717) is 18.2 Å². The van der Waals surface area contributed by atoms with Crippen molar-refractivity contribution in [2.24, 2.45) is 5.92 Å². The molecular formula is C15H21FN2O3. The lowest BCUT2D eigenvalue weighted by Crippen LogP contribution is -2.24. The van der Waals surface area contributed by atoms with Gasteiger partial charge in [0, 0.05) is 6.54 Å². The molecule has 0 aromatic heterocycles. The molecule has 2 rings (SSSR count). The fraction of sp³-hybridized carbons (Fsp3) is 0.600. The number of aliphatic hydroxyl groups is 1. The average Bonchev–Trinajstić information content (AvgIpc) is 2.46. The number of rotatable bonds is 6. The predicted octanol–water partition coefficient (Wildman–Crippen LogP) is 3.48. The van der Waals surface area contributed by atoms with E-state index in [1.54, 1.807) is 0 Å². The van der Waals surface area contributed by atoms with E-state index in [1.165, 1.54) is 18.6 Å². The average molecular weight is 296 g/mol. The SMILES string of the molecule is O=[N+]([O-])c1cc(F)ccc1NCCCC1CCCCC1O. The molecule has 1 saturated carbocycles. The first kappa shape index (κ1) is 15.7. The largest absolute Gasteiger partial charge is 0.393 e. The van der Waals surface area contributed by atoms with Crippen LogP contribution in [-0.2, 0) is 0 Å². The predicted molar refractivity (Wildman–Crippen MR) is 78.7 cm³/mol. The van der Waals surface area contributed by atoms with Crippen molar-refractivity contribution in [2.75, 3.05) is 11.9 Å². The van der Waals surface area contributed by atoms with Crippen molar-refractivity contribution in [3.05, 3.63) is 34.1 Å². The second-order valence-corrected chi connectivity index (χ2v) is 5.60. The summed E-state index contributed by atoms with van der Waals surface area (Å²) >= 11 is 0. The molecule has 1 aliphatic carbocycles. The van der Waals surface area contributed by atoms with Gasteiger partial charge in [-0.15, -0.1) is 0 Å². The molecule has 116 valence electrons. The lowest BCUT2D eigenvalue weighted by atomic mass is 9.83. The monoisotopic (exact) mass is 296 g/mol. The van der Waals surface area contributed by atoms with Crippen molar-refractivity contribution in [3.63, 3.8) is 0 Å². The summed E-state index contributed by atoms with van der Waals surface area (Å²) in [5.41, 5.74) is 0.0956. The van der Waals surface area contributed by atoms with Crippen LogP contribution < -0.4 is 5.32 Å². The van der Waals surface area contributed by atoms with Gasteiger partial charge in [0.2, 0.25) is 0 Å². The third-order valence-corrected chi connectivity index (χ3v) is 4.09. The van der Waals surface area contributed by atoms with Crippen LogP contribution in [-0.4, -0.2) is 22.7 Å². The molecule has 0 radical (unpaired) electrons. The molecule has 2 atom stereocenters. The Bertz CT molecular complexity index is 496. The maximum Gasteiger partial charge on any atom is 0.295 e. The number of hydrogen-bond donors (Lipinski definition) is 2. The maximum absolute atomic E-state index is 13.0. The molecule has 0 saturated heterocycles. The Labute approximate surface area is 123 Å². The standard InChI is InChI=1S/C15H21FN2O3/c16-12-7-8-13(14(10-12)18(20)21)17-9-3-5-11-4-1-2-6-15(11)19/h7-8,10-11,15,17,19H,1-6,9H2. The zero-order chi connectivity index (χ0) is 15.2. The number of nitrogens with zero attached hydrogens (tertiary/aromatic N) is 1. The second-order valence-electron chi connectivity index (χ2n) is 5.60. The number of benzene rings is 1. The van der Waals surface area contributed by atoms with Crippen LogP contribution in [0.15, 0.2) is 18.2 Å². The molecule has 6 heteroatoms. The number of halogens is 1. The van der Waals surface area contributed by atoms with Gasteiger partial charge in [0.1, 0.15) is 11.5 Å². The molecule has 0 spiro atoms. The van der Waals surface area contributed by atoms with Gasteiger partial charge in [-0.1, -0.05) is 12.8 Å². The quantitative estimate of drug-likeness (QED) is 0.479. The van der Waals surface area contributed by atoms with Crippen molar-refractivity contribution in [1.82, 2.24) is 0 Å². The molecule has 1 fully saturated rings. The summed E-state index contributed by atoms with van der Waals surface area (Å²) in [5.74, 6) is -0.277. The molecule has 0 amide bonds. The first-order valence-electron chi connectivity index (χ1n) is 7.44. The third-order valence-electron chi connectivity index (χ3n) is 4.09. The summed E-state index contributed by atoms with van der Waals surface area (Å²) in [4.78, 5) is 10.3. The summed E-state index contributed by atoms with van der Waals surface area (Å²) in [6, 6.07) is 3.52.